The van der Waals surface area contributed by atoms with E-state index in [1.54, 1.807) is 13.2 Å². The first-order valence-electron chi connectivity index (χ1n) is 11.5. The van der Waals surface area contributed by atoms with Crippen molar-refractivity contribution in [3.8, 4) is 28.0 Å². The molecule has 5 rings (SSSR count). The van der Waals surface area contributed by atoms with Crippen molar-refractivity contribution < 1.29 is 19.1 Å². The summed E-state index contributed by atoms with van der Waals surface area (Å²) in [4.78, 5) is 23.9. The van der Waals surface area contributed by atoms with Gasteiger partial charge in [0.2, 0.25) is 0 Å². The molecule has 0 saturated carbocycles. The SMILES string of the molecule is COc1ccc(-c2cccc(C=O)c2)c(CNC(=O)OCC2c3ccccc3-c3ccccc32)c1. The van der Waals surface area contributed by atoms with Crippen molar-refractivity contribution >= 4 is 12.4 Å². The number of hydrogen-bond acceptors (Lipinski definition) is 4. The van der Waals surface area contributed by atoms with Crippen LogP contribution >= 0.6 is 0 Å². The lowest BCUT2D eigenvalue weighted by atomic mass is 9.98. The van der Waals surface area contributed by atoms with Gasteiger partial charge in [0.05, 0.1) is 7.11 Å². The van der Waals surface area contributed by atoms with Gasteiger partial charge in [0.1, 0.15) is 18.6 Å². The average molecular weight is 464 g/mol. The van der Waals surface area contributed by atoms with Gasteiger partial charge < -0.3 is 14.8 Å². The number of methoxy groups -OCH3 is 1. The first kappa shape index (κ1) is 22.4. The minimum Gasteiger partial charge on any atom is -0.497 e. The molecular formula is C30H25NO4. The molecule has 0 aliphatic heterocycles. The molecule has 1 aliphatic carbocycles. The van der Waals surface area contributed by atoms with E-state index in [1.807, 2.05) is 60.7 Å². The number of ether oxygens (including phenoxy) is 2. The van der Waals surface area contributed by atoms with E-state index < -0.39 is 6.09 Å². The standard InChI is InChI=1S/C30H25NO4/c1-34-23-13-14-24(21-8-6-7-20(15-21)18-32)22(16-23)17-31-30(33)35-19-29-27-11-4-2-9-25(27)26-10-3-5-12-28(26)29/h2-16,18,29H,17,19H2,1H3,(H,31,33). The molecule has 1 amide bonds. The Labute approximate surface area is 204 Å². The highest BCUT2D eigenvalue weighted by Crippen LogP contribution is 2.44. The van der Waals surface area contributed by atoms with Gasteiger partial charge in [0.25, 0.3) is 0 Å². The van der Waals surface area contributed by atoms with E-state index in [1.165, 1.54) is 22.3 Å². The molecule has 1 N–H and O–H groups in total. The van der Waals surface area contributed by atoms with E-state index in [0.717, 1.165) is 23.0 Å². The Hall–Kier alpha value is -4.38. The van der Waals surface area contributed by atoms with Crippen molar-refractivity contribution in [3.63, 3.8) is 0 Å². The minimum atomic E-state index is -0.484. The normalized spacial score (nSPS) is 11.9. The highest BCUT2D eigenvalue weighted by atomic mass is 16.5. The molecule has 5 heteroatoms. The van der Waals surface area contributed by atoms with Crippen molar-refractivity contribution in [1.29, 1.82) is 0 Å². The number of carbonyl (C=O) groups excluding carboxylic acids is 2. The summed E-state index contributed by atoms with van der Waals surface area (Å²) in [7, 11) is 1.60. The molecular weight excluding hydrogens is 438 g/mol. The lowest BCUT2D eigenvalue weighted by Gasteiger charge is -2.16. The van der Waals surface area contributed by atoms with Gasteiger partial charge in [-0.05, 0) is 57.1 Å². The molecule has 1 aliphatic rings. The number of aldehydes is 1. The molecule has 174 valence electrons. The number of benzene rings is 4. The third-order valence-electron chi connectivity index (χ3n) is 6.41. The Morgan fingerprint density at radius 3 is 2.26 bits per heavy atom. The lowest BCUT2D eigenvalue weighted by Crippen LogP contribution is -2.26. The second-order valence-corrected chi connectivity index (χ2v) is 8.45. The summed E-state index contributed by atoms with van der Waals surface area (Å²) in [5, 5.41) is 2.87. The first-order chi connectivity index (χ1) is 17.2. The highest BCUT2D eigenvalue weighted by Gasteiger charge is 2.29. The summed E-state index contributed by atoms with van der Waals surface area (Å²) in [6.07, 6.45) is 0.337. The van der Waals surface area contributed by atoms with Gasteiger partial charge >= 0.3 is 6.09 Å². The van der Waals surface area contributed by atoms with Gasteiger partial charge in [0, 0.05) is 18.0 Å². The molecule has 0 spiro atoms. The van der Waals surface area contributed by atoms with Gasteiger partial charge in [-0.3, -0.25) is 4.79 Å². The second-order valence-electron chi connectivity index (χ2n) is 8.45. The predicted molar refractivity (Wildman–Crippen MR) is 136 cm³/mol. The second kappa shape index (κ2) is 9.85. The van der Waals surface area contributed by atoms with Crippen LogP contribution in [0.15, 0.2) is 91.0 Å². The summed E-state index contributed by atoms with van der Waals surface area (Å²) >= 11 is 0. The predicted octanol–water partition coefficient (Wildman–Crippen LogP) is 6.21. The molecule has 0 radical (unpaired) electrons. The molecule has 0 heterocycles. The van der Waals surface area contributed by atoms with E-state index in [0.29, 0.717) is 11.3 Å². The highest BCUT2D eigenvalue weighted by molar-refractivity contribution is 5.80. The van der Waals surface area contributed by atoms with Gasteiger partial charge in [0.15, 0.2) is 0 Å². The molecule has 4 aromatic rings. The maximum atomic E-state index is 12.7. The van der Waals surface area contributed by atoms with Crippen molar-refractivity contribution in [1.82, 2.24) is 5.32 Å². The van der Waals surface area contributed by atoms with Crippen LogP contribution in [0.4, 0.5) is 4.79 Å². The number of hydrogen-bond donors (Lipinski definition) is 1. The molecule has 0 bridgehead atoms. The van der Waals surface area contributed by atoms with Gasteiger partial charge in [-0.15, -0.1) is 0 Å². The van der Waals surface area contributed by atoms with E-state index in [4.69, 9.17) is 9.47 Å². The molecule has 5 nitrogen and oxygen atoms in total. The van der Waals surface area contributed by atoms with Gasteiger partial charge in [-0.25, -0.2) is 4.79 Å². The smallest absolute Gasteiger partial charge is 0.407 e. The van der Waals surface area contributed by atoms with Gasteiger partial charge in [-0.2, -0.15) is 0 Å². The zero-order valence-electron chi connectivity index (χ0n) is 19.4. The van der Waals surface area contributed by atoms with Crippen LogP contribution < -0.4 is 10.1 Å². The molecule has 0 aromatic heterocycles. The van der Waals surface area contributed by atoms with Crippen LogP contribution in [0, 0.1) is 0 Å². The number of fused-ring (bicyclic) bond motifs is 3. The van der Waals surface area contributed by atoms with Gasteiger partial charge in [-0.1, -0.05) is 72.8 Å². The Balaban J connectivity index is 1.30. The monoisotopic (exact) mass is 463 g/mol. The molecule has 0 unspecified atom stereocenters. The van der Waals surface area contributed by atoms with Crippen LogP contribution in [0.3, 0.4) is 0 Å². The van der Waals surface area contributed by atoms with E-state index >= 15 is 0 Å². The third kappa shape index (κ3) is 4.53. The number of amides is 1. The fraction of sp³-hybridized carbons (Fsp3) is 0.133. The summed E-state index contributed by atoms with van der Waals surface area (Å²) in [6.45, 7) is 0.515. The van der Waals surface area contributed by atoms with E-state index in [9.17, 15) is 9.59 Å². The zero-order valence-corrected chi connectivity index (χ0v) is 19.4. The fourth-order valence-electron chi connectivity index (χ4n) is 4.72. The van der Waals surface area contributed by atoms with Crippen LogP contribution in [0.5, 0.6) is 5.75 Å². The van der Waals surface area contributed by atoms with E-state index in [-0.39, 0.29) is 19.1 Å². The Morgan fingerprint density at radius 1 is 0.857 bits per heavy atom. The molecule has 0 fully saturated rings. The number of carbonyl (C=O) groups is 2. The lowest BCUT2D eigenvalue weighted by molar-refractivity contribution is 0.112. The van der Waals surface area contributed by atoms with Crippen LogP contribution in [-0.4, -0.2) is 26.1 Å². The van der Waals surface area contributed by atoms with Crippen LogP contribution in [0.25, 0.3) is 22.3 Å². The maximum Gasteiger partial charge on any atom is 0.407 e. The Kier molecular flexibility index (Phi) is 6.31. The zero-order chi connectivity index (χ0) is 24.2. The van der Waals surface area contributed by atoms with Crippen LogP contribution in [-0.2, 0) is 11.3 Å². The molecule has 0 atom stereocenters. The minimum absolute atomic E-state index is 0.00612. The topological polar surface area (TPSA) is 64.6 Å². The number of alkyl carbamates (subject to hydrolysis) is 1. The average Bonchev–Trinajstić information content (AvgIpc) is 3.24. The summed E-state index contributed by atoms with van der Waals surface area (Å²) in [6, 6.07) is 29.5. The Morgan fingerprint density at radius 2 is 1.57 bits per heavy atom. The number of rotatable bonds is 7. The number of nitrogens with one attached hydrogen (secondary N) is 1. The van der Waals surface area contributed by atoms with Crippen molar-refractivity contribution in [2.45, 2.75) is 12.5 Å². The largest absolute Gasteiger partial charge is 0.497 e. The van der Waals surface area contributed by atoms with E-state index in [2.05, 4.69) is 29.6 Å². The summed E-state index contributed by atoms with van der Waals surface area (Å²) in [5.74, 6) is 0.691. The van der Waals surface area contributed by atoms with Crippen molar-refractivity contribution in [2.75, 3.05) is 13.7 Å². The molecule has 0 saturated heterocycles. The van der Waals surface area contributed by atoms with Crippen molar-refractivity contribution in [3.05, 3.63) is 113 Å². The Bertz CT molecular complexity index is 1350. The molecule has 4 aromatic carbocycles. The summed E-state index contributed by atoms with van der Waals surface area (Å²) in [5.41, 5.74) is 7.98. The third-order valence-corrected chi connectivity index (χ3v) is 6.41. The fourth-order valence-corrected chi connectivity index (χ4v) is 4.72. The first-order valence-corrected chi connectivity index (χ1v) is 11.5. The van der Waals surface area contributed by atoms with Crippen LogP contribution in [0.1, 0.15) is 33.0 Å². The van der Waals surface area contributed by atoms with Crippen molar-refractivity contribution in [2.24, 2.45) is 0 Å². The van der Waals surface area contributed by atoms with Crippen LogP contribution in [0.2, 0.25) is 0 Å². The molecule has 35 heavy (non-hydrogen) atoms. The maximum absolute atomic E-state index is 12.7. The summed E-state index contributed by atoms with van der Waals surface area (Å²) < 4.78 is 11.1. The quantitative estimate of drug-likeness (QED) is 0.331.